The van der Waals surface area contributed by atoms with Crippen LogP contribution in [0.4, 0.5) is 0 Å². The maximum absolute atomic E-state index is 11.4. The molecule has 0 unspecified atom stereocenters. The molecule has 0 aliphatic carbocycles. The highest BCUT2D eigenvalue weighted by atomic mass is 16.5. The molecule has 1 aromatic rings. The number of ether oxygens (including phenoxy) is 1. The van der Waals surface area contributed by atoms with Crippen LogP contribution in [0.3, 0.4) is 0 Å². The zero-order chi connectivity index (χ0) is 10.4. The quantitative estimate of drug-likeness (QED) is 0.535. The number of aryl methyl sites for hydroxylation is 1. The highest BCUT2D eigenvalue weighted by Gasteiger charge is 2.10. The molecule has 0 N–H and O–H groups in total. The van der Waals surface area contributed by atoms with Crippen molar-refractivity contribution >= 4 is 5.97 Å². The third-order valence-corrected chi connectivity index (χ3v) is 1.81. The van der Waals surface area contributed by atoms with Crippen molar-refractivity contribution in [2.75, 3.05) is 6.61 Å². The number of esters is 1. The van der Waals surface area contributed by atoms with Crippen molar-refractivity contribution < 1.29 is 9.53 Å². The van der Waals surface area contributed by atoms with E-state index in [2.05, 4.69) is 5.92 Å². The van der Waals surface area contributed by atoms with Crippen molar-refractivity contribution in [3.63, 3.8) is 0 Å². The van der Waals surface area contributed by atoms with E-state index in [4.69, 9.17) is 11.2 Å². The third-order valence-electron chi connectivity index (χ3n) is 1.81. The van der Waals surface area contributed by atoms with Crippen LogP contribution in [-0.2, 0) is 11.3 Å². The molecule has 0 fully saturated rings. The first-order valence-corrected chi connectivity index (χ1v) is 4.55. The van der Waals surface area contributed by atoms with Gasteiger partial charge in [0.05, 0.1) is 6.61 Å². The summed E-state index contributed by atoms with van der Waals surface area (Å²) >= 11 is 0. The molecule has 0 spiro atoms. The Morgan fingerprint density at radius 2 is 2.50 bits per heavy atom. The Hall–Kier alpha value is -1.69. The second kappa shape index (κ2) is 5.13. The molecule has 0 aliphatic rings. The van der Waals surface area contributed by atoms with E-state index in [-0.39, 0.29) is 5.97 Å². The molecule has 0 aliphatic heterocycles. The van der Waals surface area contributed by atoms with Crippen LogP contribution >= 0.6 is 0 Å². The summed E-state index contributed by atoms with van der Waals surface area (Å²) in [4.78, 5) is 11.4. The summed E-state index contributed by atoms with van der Waals surface area (Å²) in [5.41, 5.74) is 0.558. The second-order valence-electron chi connectivity index (χ2n) is 2.76. The smallest absolute Gasteiger partial charge is 0.354 e. The first-order valence-electron chi connectivity index (χ1n) is 4.55. The predicted molar refractivity (Wildman–Crippen MR) is 53.8 cm³/mol. The van der Waals surface area contributed by atoms with Crippen LogP contribution in [0.15, 0.2) is 18.3 Å². The largest absolute Gasteiger partial charge is 0.461 e. The van der Waals surface area contributed by atoms with Crippen molar-refractivity contribution in [2.24, 2.45) is 0 Å². The minimum absolute atomic E-state index is 0.297. The molecule has 3 heteroatoms. The fourth-order valence-electron chi connectivity index (χ4n) is 1.18. The van der Waals surface area contributed by atoms with Crippen LogP contribution in [0.2, 0.25) is 0 Å². The average Bonchev–Trinajstić information content (AvgIpc) is 2.63. The van der Waals surface area contributed by atoms with Gasteiger partial charge in [-0.3, -0.25) is 0 Å². The van der Waals surface area contributed by atoms with Gasteiger partial charge in [0.15, 0.2) is 0 Å². The van der Waals surface area contributed by atoms with Crippen LogP contribution in [0.5, 0.6) is 0 Å². The molecular weight excluding hydrogens is 178 g/mol. The van der Waals surface area contributed by atoms with Crippen LogP contribution < -0.4 is 0 Å². The number of terminal acetylenes is 1. The van der Waals surface area contributed by atoms with E-state index in [1.165, 1.54) is 0 Å². The maximum atomic E-state index is 11.4. The number of aromatic nitrogens is 1. The lowest BCUT2D eigenvalue weighted by molar-refractivity contribution is 0.0514. The Balaban J connectivity index is 2.72. The minimum atomic E-state index is -0.297. The molecule has 0 radical (unpaired) electrons. The van der Waals surface area contributed by atoms with E-state index in [1.807, 2.05) is 12.3 Å². The van der Waals surface area contributed by atoms with E-state index in [0.717, 1.165) is 0 Å². The fourth-order valence-corrected chi connectivity index (χ4v) is 1.18. The molecule has 1 heterocycles. The molecule has 3 nitrogen and oxygen atoms in total. The molecule has 1 rings (SSSR count). The summed E-state index contributed by atoms with van der Waals surface area (Å²) in [6, 6.07) is 3.54. The molecule has 0 saturated heterocycles. The van der Waals surface area contributed by atoms with Gasteiger partial charge in [0.1, 0.15) is 5.69 Å². The molecular formula is C11H13NO2. The summed E-state index contributed by atoms with van der Waals surface area (Å²) in [7, 11) is 0. The van der Waals surface area contributed by atoms with Crippen molar-refractivity contribution in [1.29, 1.82) is 0 Å². The maximum Gasteiger partial charge on any atom is 0.354 e. The van der Waals surface area contributed by atoms with Gasteiger partial charge in [-0.25, -0.2) is 4.79 Å². The molecule has 74 valence electrons. The number of nitrogens with zero attached hydrogens (tertiary/aromatic N) is 1. The first-order chi connectivity index (χ1) is 6.79. The number of rotatable bonds is 4. The Morgan fingerprint density at radius 3 is 3.14 bits per heavy atom. The highest BCUT2D eigenvalue weighted by molar-refractivity contribution is 5.87. The van der Waals surface area contributed by atoms with Crippen LogP contribution in [0, 0.1) is 12.3 Å². The first kappa shape index (κ1) is 10.4. The summed E-state index contributed by atoms with van der Waals surface area (Å²) in [6.07, 6.45) is 7.59. The van der Waals surface area contributed by atoms with Gasteiger partial charge in [-0.2, -0.15) is 0 Å². The van der Waals surface area contributed by atoms with Gasteiger partial charge < -0.3 is 9.30 Å². The molecule has 0 atom stereocenters. The Kier molecular flexibility index (Phi) is 3.81. The van der Waals surface area contributed by atoms with E-state index >= 15 is 0 Å². The molecule has 0 bridgehead atoms. The van der Waals surface area contributed by atoms with Gasteiger partial charge in [-0.1, -0.05) is 0 Å². The lowest BCUT2D eigenvalue weighted by Gasteiger charge is -2.05. The summed E-state index contributed by atoms with van der Waals surface area (Å²) < 4.78 is 6.70. The van der Waals surface area contributed by atoms with Crippen molar-refractivity contribution in [1.82, 2.24) is 4.57 Å². The molecule has 0 amide bonds. The van der Waals surface area contributed by atoms with Gasteiger partial charge in [0, 0.05) is 19.2 Å². The minimum Gasteiger partial charge on any atom is -0.461 e. The standard InChI is InChI=1S/C11H13NO2/c1-3-5-8-12-9-6-7-10(12)11(13)14-4-2/h1,6-7,9H,4-5,8H2,2H3. The Labute approximate surface area is 83.7 Å². The molecule has 0 saturated carbocycles. The van der Waals surface area contributed by atoms with Gasteiger partial charge in [-0.05, 0) is 19.1 Å². The highest BCUT2D eigenvalue weighted by Crippen LogP contribution is 2.05. The van der Waals surface area contributed by atoms with Gasteiger partial charge >= 0.3 is 5.97 Å². The van der Waals surface area contributed by atoms with Gasteiger partial charge in [0.25, 0.3) is 0 Å². The Bertz CT molecular complexity index is 346. The zero-order valence-electron chi connectivity index (χ0n) is 8.19. The van der Waals surface area contributed by atoms with E-state index < -0.39 is 0 Å². The normalized spacial score (nSPS) is 9.43. The van der Waals surface area contributed by atoms with Crippen LogP contribution in [0.1, 0.15) is 23.8 Å². The summed E-state index contributed by atoms with van der Waals surface area (Å²) in [5.74, 6) is 2.23. The lowest BCUT2D eigenvalue weighted by atomic mass is 10.4. The van der Waals surface area contributed by atoms with Crippen LogP contribution in [-0.4, -0.2) is 17.1 Å². The van der Waals surface area contributed by atoms with E-state index in [0.29, 0.717) is 25.3 Å². The summed E-state index contributed by atoms with van der Waals surface area (Å²) in [5, 5.41) is 0. The molecule has 1 aromatic heterocycles. The van der Waals surface area contributed by atoms with Crippen molar-refractivity contribution in [3.8, 4) is 12.3 Å². The van der Waals surface area contributed by atoms with Crippen LogP contribution in [0.25, 0.3) is 0 Å². The fraction of sp³-hybridized carbons (Fsp3) is 0.364. The molecule has 0 aromatic carbocycles. The number of hydrogen-bond acceptors (Lipinski definition) is 2. The third kappa shape index (κ3) is 2.40. The second-order valence-corrected chi connectivity index (χ2v) is 2.76. The zero-order valence-corrected chi connectivity index (χ0v) is 8.19. The van der Waals surface area contributed by atoms with Gasteiger partial charge in [-0.15, -0.1) is 12.3 Å². The predicted octanol–water partition coefficient (Wildman–Crippen LogP) is 1.69. The lowest BCUT2D eigenvalue weighted by Crippen LogP contribution is -2.11. The molecule has 14 heavy (non-hydrogen) atoms. The Morgan fingerprint density at radius 1 is 1.71 bits per heavy atom. The van der Waals surface area contributed by atoms with Crippen molar-refractivity contribution in [2.45, 2.75) is 19.9 Å². The number of carbonyl (C=O) groups excluding carboxylic acids is 1. The summed E-state index contributed by atoms with van der Waals surface area (Å²) in [6.45, 7) is 2.82. The monoisotopic (exact) mass is 191 g/mol. The number of hydrogen-bond donors (Lipinski definition) is 0. The van der Waals surface area contributed by atoms with Crippen molar-refractivity contribution in [3.05, 3.63) is 24.0 Å². The SMILES string of the molecule is C#CCCn1cccc1C(=O)OCC. The van der Waals surface area contributed by atoms with E-state index in [1.54, 1.807) is 17.6 Å². The van der Waals surface area contributed by atoms with E-state index in [9.17, 15) is 4.79 Å². The number of carbonyl (C=O) groups is 1. The topological polar surface area (TPSA) is 31.2 Å². The average molecular weight is 191 g/mol. The van der Waals surface area contributed by atoms with Gasteiger partial charge in [0.2, 0.25) is 0 Å².